The summed E-state index contributed by atoms with van der Waals surface area (Å²) in [6.45, 7) is 3.86. The quantitative estimate of drug-likeness (QED) is 0.867. The van der Waals surface area contributed by atoms with Crippen LogP contribution in [0.4, 0.5) is 0 Å². The Labute approximate surface area is 130 Å². The van der Waals surface area contributed by atoms with Crippen molar-refractivity contribution in [3.63, 3.8) is 0 Å². The van der Waals surface area contributed by atoms with Crippen molar-refractivity contribution in [1.29, 1.82) is 0 Å². The fraction of sp³-hybridized carbons (Fsp3) is 0.529. The van der Waals surface area contributed by atoms with E-state index in [1.54, 1.807) is 0 Å². The first-order valence-corrected chi connectivity index (χ1v) is 8.09. The van der Waals surface area contributed by atoms with Crippen molar-refractivity contribution in [3.8, 4) is 0 Å². The summed E-state index contributed by atoms with van der Waals surface area (Å²) in [6, 6.07) is 11.2. The van der Waals surface area contributed by atoms with Crippen LogP contribution in [0.5, 0.6) is 0 Å². The number of benzene rings is 1. The Morgan fingerprint density at radius 1 is 1.18 bits per heavy atom. The zero-order valence-electron chi connectivity index (χ0n) is 13.0. The largest absolute Gasteiger partial charge is 0.338 e. The van der Waals surface area contributed by atoms with Gasteiger partial charge in [-0.3, -0.25) is 9.80 Å². The van der Waals surface area contributed by atoms with Crippen molar-refractivity contribution in [3.05, 3.63) is 47.6 Å². The second-order valence-corrected chi connectivity index (χ2v) is 6.46. The third-order valence-electron chi connectivity index (χ3n) is 4.70. The van der Waals surface area contributed by atoms with Crippen LogP contribution in [-0.2, 0) is 6.54 Å². The Morgan fingerprint density at radius 3 is 2.77 bits per heavy atom. The summed E-state index contributed by atoms with van der Waals surface area (Å²) in [6.07, 6.45) is 2.42. The Bertz CT molecular complexity index is 623. The molecule has 0 unspecified atom stereocenters. The van der Waals surface area contributed by atoms with E-state index < -0.39 is 0 Å². The molecule has 5 nitrogen and oxygen atoms in total. The van der Waals surface area contributed by atoms with Crippen molar-refractivity contribution in [2.45, 2.75) is 31.3 Å². The highest BCUT2D eigenvalue weighted by Crippen LogP contribution is 2.38. The molecule has 22 heavy (non-hydrogen) atoms. The molecule has 1 saturated carbocycles. The van der Waals surface area contributed by atoms with Crippen molar-refractivity contribution in [1.82, 2.24) is 19.9 Å². The van der Waals surface area contributed by atoms with E-state index in [0.717, 1.165) is 37.9 Å². The van der Waals surface area contributed by atoms with E-state index in [9.17, 15) is 0 Å². The molecule has 1 aromatic heterocycles. The Morgan fingerprint density at radius 2 is 2.00 bits per heavy atom. The maximum Gasteiger partial charge on any atom is 0.240 e. The molecule has 0 bridgehead atoms. The molecule has 0 amide bonds. The predicted molar refractivity (Wildman–Crippen MR) is 83.4 cm³/mol. The molecule has 116 valence electrons. The molecule has 0 N–H and O–H groups in total. The number of likely N-dealkylation sites (N-methyl/N-ethyl adjacent to an activating group) is 1. The van der Waals surface area contributed by atoms with E-state index in [2.05, 4.69) is 57.3 Å². The molecule has 1 aliphatic carbocycles. The van der Waals surface area contributed by atoms with Crippen LogP contribution in [-0.4, -0.2) is 46.6 Å². The van der Waals surface area contributed by atoms with Crippen LogP contribution < -0.4 is 0 Å². The maximum absolute atomic E-state index is 5.42. The van der Waals surface area contributed by atoms with Gasteiger partial charge in [0.05, 0.1) is 6.54 Å². The molecule has 2 fully saturated rings. The lowest BCUT2D eigenvalue weighted by Crippen LogP contribution is -2.46. The van der Waals surface area contributed by atoms with Crippen LogP contribution in [0.25, 0.3) is 0 Å². The third-order valence-corrected chi connectivity index (χ3v) is 4.70. The number of aromatic nitrogens is 2. The Kier molecular flexibility index (Phi) is 3.68. The lowest BCUT2D eigenvalue weighted by Gasteiger charge is -2.39. The fourth-order valence-corrected chi connectivity index (χ4v) is 3.14. The van der Waals surface area contributed by atoms with E-state index in [-0.39, 0.29) is 0 Å². The molecule has 5 heteroatoms. The van der Waals surface area contributed by atoms with E-state index in [1.165, 1.54) is 18.4 Å². The zero-order valence-corrected chi connectivity index (χ0v) is 13.0. The molecular formula is C17H22N4O. The molecule has 1 aliphatic heterocycles. The van der Waals surface area contributed by atoms with Crippen LogP contribution in [0.2, 0.25) is 0 Å². The molecule has 2 aliphatic rings. The second kappa shape index (κ2) is 5.82. The van der Waals surface area contributed by atoms with Crippen LogP contribution >= 0.6 is 0 Å². The highest BCUT2D eigenvalue weighted by atomic mass is 16.5. The Hall–Kier alpha value is -1.72. The molecule has 2 aromatic rings. The summed E-state index contributed by atoms with van der Waals surface area (Å²) < 4.78 is 5.42. The minimum Gasteiger partial charge on any atom is -0.338 e. The number of nitrogens with zero attached hydrogens (tertiary/aromatic N) is 4. The van der Waals surface area contributed by atoms with Gasteiger partial charge in [0, 0.05) is 31.6 Å². The lowest BCUT2D eigenvalue weighted by atomic mass is 10.0. The molecule has 2 heterocycles. The van der Waals surface area contributed by atoms with Gasteiger partial charge in [-0.05, 0) is 25.5 Å². The first kappa shape index (κ1) is 13.9. The first-order chi connectivity index (χ1) is 10.8. The number of hydrogen-bond acceptors (Lipinski definition) is 5. The van der Waals surface area contributed by atoms with Gasteiger partial charge in [0.1, 0.15) is 0 Å². The summed E-state index contributed by atoms with van der Waals surface area (Å²) in [5, 5.41) is 4.11. The van der Waals surface area contributed by atoms with E-state index in [4.69, 9.17) is 4.52 Å². The zero-order chi connectivity index (χ0) is 14.9. The first-order valence-electron chi connectivity index (χ1n) is 8.09. The monoisotopic (exact) mass is 298 g/mol. The predicted octanol–water partition coefficient (Wildman–Crippen LogP) is 2.44. The molecule has 1 saturated heterocycles. The van der Waals surface area contributed by atoms with Gasteiger partial charge in [-0.1, -0.05) is 35.5 Å². The molecule has 4 rings (SSSR count). The summed E-state index contributed by atoms with van der Waals surface area (Å²) >= 11 is 0. The van der Waals surface area contributed by atoms with E-state index in [0.29, 0.717) is 12.0 Å². The van der Waals surface area contributed by atoms with Crippen molar-refractivity contribution in [2.24, 2.45) is 0 Å². The summed E-state index contributed by atoms with van der Waals surface area (Å²) in [7, 11) is 2.20. The summed E-state index contributed by atoms with van der Waals surface area (Å²) in [4.78, 5) is 9.39. The van der Waals surface area contributed by atoms with Crippen molar-refractivity contribution in [2.75, 3.05) is 26.7 Å². The van der Waals surface area contributed by atoms with E-state index >= 15 is 0 Å². The topological polar surface area (TPSA) is 45.4 Å². The van der Waals surface area contributed by atoms with Gasteiger partial charge in [-0.2, -0.15) is 4.98 Å². The van der Waals surface area contributed by atoms with Crippen LogP contribution in [0.15, 0.2) is 34.9 Å². The maximum atomic E-state index is 5.42. The fourth-order valence-electron chi connectivity index (χ4n) is 3.14. The normalized spacial score (nSPS) is 23.8. The van der Waals surface area contributed by atoms with E-state index in [1.807, 2.05) is 0 Å². The average molecular weight is 298 g/mol. The smallest absolute Gasteiger partial charge is 0.240 e. The molecular weight excluding hydrogens is 276 g/mol. The number of hydrogen-bond donors (Lipinski definition) is 0. The lowest BCUT2D eigenvalue weighted by molar-refractivity contribution is 0.0825. The van der Waals surface area contributed by atoms with Gasteiger partial charge in [0.15, 0.2) is 5.82 Å². The molecule has 1 aromatic carbocycles. The minimum absolute atomic E-state index is 0.431. The molecule has 1 atom stereocenters. The minimum atomic E-state index is 0.431. The average Bonchev–Trinajstić information content (AvgIpc) is 3.30. The van der Waals surface area contributed by atoms with Gasteiger partial charge in [0.2, 0.25) is 5.89 Å². The van der Waals surface area contributed by atoms with Gasteiger partial charge in [-0.15, -0.1) is 0 Å². The summed E-state index contributed by atoms with van der Waals surface area (Å²) in [5.74, 6) is 2.23. The number of piperazine rings is 1. The molecule has 0 spiro atoms. The van der Waals surface area contributed by atoms with Crippen LogP contribution in [0.1, 0.15) is 42.1 Å². The SMILES string of the molecule is CN1CCN(Cc2nc(C3CC3)no2)C[C@H]1c1ccccc1. The Balaban J connectivity index is 1.43. The molecule has 0 radical (unpaired) electrons. The van der Waals surface area contributed by atoms with Gasteiger partial charge >= 0.3 is 0 Å². The summed E-state index contributed by atoms with van der Waals surface area (Å²) in [5.41, 5.74) is 1.37. The van der Waals surface area contributed by atoms with Crippen molar-refractivity contribution >= 4 is 0 Å². The highest BCUT2D eigenvalue weighted by Gasteiger charge is 2.30. The van der Waals surface area contributed by atoms with Crippen LogP contribution in [0, 0.1) is 0 Å². The van der Waals surface area contributed by atoms with Crippen LogP contribution in [0.3, 0.4) is 0 Å². The van der Waals surface area contributed by atoms with Gasteiger partial charge in [0.25, 0.3) is 0 Å². The standard InChI is InChI=1S/C17H22N4O/c1-20-9-10-21(11-15(20)13-5-3-2-4-6-13)12-16-18-17(19-22-16)14-7-8-14/h2-6,14-15H,7-12H2,1H3/t15-/m0/s1. The second-order valence-electron chi connectivity index (χ2n) is 6.46. The highest BCUT2D eigenvalue weighted by molar-refractivity contribution is 5.20. The van der Waals surface area contributed by atoms with Gasteiger partial charge < -0.3 is 4.52 Å². The number of rotatable bonds is 4. The third kappa shape index (κ3) is 2.91. The van der Waals surface area contributed by atoms with Gasteiger partial charge in [-0.25, -0.2) is 0 Å². The van der Waals surface area contributed by atoms with Crippen molar-refractivity contribution < 1.29 is 4.52 Å².